The molecule has 0 aliphatic heterocycles. The van der Waals surface area contributed by atoms with Gasteiger partial charge in [0.25, 0.3) is 0 Å². The molecule has 0 saturated carbocycles. The molecule has 5 N–H and O–H groups in total. The lowest BCUT2D eigenvalue weighted by molar-refractivity contribution is -0.156. The number of H-pyrrole nitrogens is 1. The summed E-state index contributed by atoms with van der Waals surface area (Å²) in [5.41, 5.74) is 0.0131. The van der Waals surface area contributed by atoms with E-state index in [4.69, 9.17) is 9.47 Å². The van der Waals surface area contributed by atoms with Gasteiger partial charge in [-0.2, -0.15) is 33.7 Å². The molecule has 0 spiro atoms. The molecule has 0 fully saturated rings. The molecule has 47 heavy (non-hydrogen) atoms. The fourth-order valence-electron chi connectivity index (χ4n) is 4.76. The Balaban J connectivity index is 2.19. The summed E-state index contributed by atoms with van der Waals surface area (Å²) in [5, 5.41) is 0. The van der Waals surface area contributed by atoms with Gasteiger partial charge in [-0.25, -0.2) is 16.7 Å². The van der Waals surface area contributed by atoms with E-state index in [9.17, 15) is 61.5 Å². The third-order valence-corrected chi connectivity index (χ3v) is 9.41. The van der Waals surface area contributed by atoms with Crippen molar-refractivity contribution in [3.05, 3.63) is 44.6 Å². The van der Waals surface area contributed by atoms with Crippen LogP contribution in [-0.4, -0.2) is 105 Å². The Hall–Kier alpha value is -1.86. The Morgan fingerprint density at radius 1 is 0.596 bits per heavy atom. The summed E-state index contributed by atoms with van der Waals surface area (Å²) in [6.07, 6.45) is -9.76. The molecule has 1 aromatic heterocycles. The van der Waals surface area contributed by atoms with E-state index in [-0.39, 0.29) is 20.4 Å². The van der Waals surface area contributed by atoms with Crippen LogP contribution in [0, 0.1) is 0 Å². The van der Waals surface area contributed by atoms with Crippen molar-refractivity contribution in [1.82, 2.24) is 4.98 Å². The smallest absolute Gasteiger partial charge is 0.398 e. The van der Waals surface area contributed by atoms with Crippen LogP contribution in [0.15, 0.2) is 33.2 Å². The van der Waals surface area contributed by atoms with Gasteiger partial charge in [-0.1, -0.05) is 44.0 Å². The van der Waals surface area contributed by atoms with Gasteiger partial charge < -0.3 is 14.5 Å². The zero-order valence-corrected chi connectivity index (χ0v) is 29.6. The molecule has 0 unspecified atom stereocenters. The third-order valence-electron chi connectivity index (χ3n) is 6.14. The lowest BCUT2D eigenvalue weighted by atomic mass is 9.86. The predicted molar refractivity (Wildman–Crippen MR) is 157 cm³/mol. The van der Waals surface area contributed by atoms with Crippen LogP contribution in [0.25, 0.3) is 0 Å². The van der Waals surface area contributed by atoms with Gasteiger partial charge in [-0.15, -0.1) is 0 Å². The number of aromatic nitrogens is 1. The van der Waals surface area contributed by atoms with Crippen LogP contribution in [0.3, 0.4) is 0 Å². The van der Waals surface area contributed by atoms with Crippen LogP contribution in [0.1, 0.15) is 37.1 Å². The maximum absolute atomic E-state index is 12.0. The van der Waals surface area contributed by atoms with Crippen molar-refractivity contribution >= 4 is 85.4 Å². The van der Waals surface area contributed by atoms with E-state index >= 15 is 0 Å². The Bertz CT molecular complexity index is 1750. The van der Waals surface area contributed by atoms with Crippen LogP contribution >= 0.6 is 31.9 Å². The Kier molecular flexibility index (Phi) is 12.3. The zero-order chi connectivity index (χ0) is 35.9. The molecule has 2 aliphatic carbocycles. The number of carbonyl (C=O) groups is 2. The summed E-state index contributed by atoms with van der Waals surface area (Å²) in [7, 11) is -21.4. The first-order valence-corrected chi connectivity index (χ1v) is 19.2. The molecule has 1 aromatic rings. The van der Waals surface area contributed by atoms with E-state index in [1.54, 1.807) is 0 Å². The lowest BCUT2D eigenvalue weighted by Crippen LogP contribution is -2.51. The van der Waals surface area contributed by atoms with E-state index in [0.717, 1.165) is 26.0 Å². The summed E-state index contributed by atoms with van der Waals surface area (Å²) in [6, 6.07) is 2.57. The standard InChI is InChI=1S/C20H23Br2NO20S4/c1-7(24)38-15-9(5-11(21)17(40-44(26,27)28)19(15)42-46(32,33)34)13-3-4-14(23-13)10-6-12(22)18(41-45(29,30)31)20(43-47(35,36)37)16(10)39-8(2)25/h3-6,9-10,15-20,23H,1-2H3,(H,26,27,28)(H,29,30,31)(H,32,33,34)(H,35,36,37)/t9-,10-,15-,16-,17-,18-,19+,20+/m1/s1. The number of carbonyl (C=O) groups excluding carboxylic acids is 2. The second-order valence-corrected chi connectivity index (χ2v) is 15.6. The van der Waals surface area contributed by atoms with Crippen molar-refractivity contribution in [1.29, 1.82) is 0 Å². The zero-order valence-electron chi connectivity index (χ0n) is 23.1. The van der Waals surface area contributed by atoms with E-state index in [1.807, 2.05) is 0 Å². The van der Waals surface area contributed by atoms with Crippen molar-refractivity contribution in [2.45, 2.75) is 62.3 Å². The van der Waals surface area contributed by atoms with Gasteiger partial charge in [-0.3, -0.25) is 27.8 Å². The molecule has 0 aromatic carbocycles. The van der Waals surface area contributed by atoms with Crippen LogP contribution in [0.4, 0.5) is 0 Å². The third kappa shape index (κ3) is 11.3. The summed E-state index contributed by atoms with van der Waals surface area (Å²) in [5.74, 6) is -4.73. The molecule has 1 heterocycles. The van der Waals surface area contributed by atoms with Gasteiger partial charge in [0.2, 0.25) is 0 Å². The molecule has 21 nitrogen and oxygen atoms in total. The highest BCUT2D eigenvalue weighted by Gasteiger charge is 2.50. The van der Waals surface area contributed by atoms with Crippen molar-refractivity contribution in [2.24, 2.45) is 0 Å². The molecule has 2 aliphatic rings. The molecule has 0 bridgehead atoms. The predicted octanol–water partition coefficient (Wildman–Crippen LogP) is 0.382. The molecule has 3 rings (SSSR count). The van der Waals surface area contributed by atoms with Crippen LogP contribution in [0.2, 0.25) is 0 Å². The number of ether oxygens (including phenoxy) is 2. The highest BCUT2D eigenvalue weighted by atomic mass is 79.9. The average molecular weight is 885 g/mol. The fraction of sp³-hybridized carbons (Fsp3) is 0.500. The maximum Gasteiger partial charge on any atom is 0.398 e. The number of hydrogen-bond acceptors (Lipinski definition) is 16. The first-order valence-electron chi connectivity index (χ1n) is 12.1. The molecular formula is C20H23Br2NO20S4. The summed E-state index contributed by atoms with van der Waals surface area (Å²) in [4.78, 5) is 26.9. The van der Waals surface area contributed by atoms with Crippen LogP contribution in [-0.2, 0) is 77.4 Å². The normalized spacial score (nSPS) is 29.0. The molecule has 266 valence electrons. The van der Waals surface area contributed by atoms with E-state index in [1.165, 1.54) is 12.1 Å². The molecular weight excluding hydrogens is 862 g/mol. The Labute approximate surface area is 283 Å². The van der Waals surface area contributed by atoms with Gasteiger partial charge >= 0.3 is 53.5 Å². The lowest BCUT2D eigenvalue weighted by Gasteiger charge is -2.38. The second-order valence-electron chi connectivity index (χ2n) is 9.54. The minimum Gasteiger partial charge on any atom is -0.459 e. The number of esters is 2. The van der Waals surface area contributed by atoms with Gasteiger partial charge in [-0.05, 0) is 12.1 Å². The number of nitrogens with one attached hydrogen (secondary N) is 1. The highest BCUT2D eigenvalue weighted by Crippen LogP contribution is 2.43. The summed E-state index contributed by atoms with van der Waals surface area (Å²) < 4.78 is 158. The molecule has 0 radical (unpaired) electrons. The number of rotatable bonds is 12. The van der Waals surface area contributed by atoms with Crippen LogP contribution < -0.4 is 0 Å². The van der Waals surface area contributed by atoms with E-state index in [2.05, 4.69) is 53.6 Å². The monoisotopic (exact) mass is 883 g/mol. The van der Waals surface area contributed by atoms with E-state index in [0.29, 0.717) is 0 Å². The van der Waals surface area contributed by atoms with Crippen molar-refractivity contribution in [2.75, 3.05) is 0 Å². The summed E-state index contributed by atoms with van der Waals surface area (Å²) in [6.45, 7) is 1.78. The number of halogens is 2. The first-order chi connectivity index (χ1) is 21.2. The topological polar surface area (TPSA) is 323 Å². The molecule has 8 atom stereocenters. The Morgan fingerprint density at radius 2 is 0.894 bits per heavy atom. The second kappa shape index (κ2) is 14.5. The van der Waals surface area contributed by atoms with Crippen molar-refractivity contribution in [3.63, 3.8) is 0 Å². The Morgan fingerprint density at radius 3 is 1.15 bits per heavy atom. The van der Waals surface area contributed by atoms with Gasteiger partial charge in [0.05, 0.1) is 11.8 Å². The molecule has 27 heteroatoms. The first kappa shape index (κ1) is 39.6. The largest absolute Gasteiger partial charge is 0.459 e. The van der Waals surface area contributed by atoms with Gasteiger partial charge in [0.15, 0.2) is 0 Å². The highest BCUT2D eigenvalue weighted by molar-refractivity contribution is 9.12. The number of aromatic amines is 1. The van der Waals surface area contributed by atoms with Crippen molar-refractivity contribution in [3.8, 4) is 0 Å². The molecule has 0 amide bonds. The van der Waals surface area contributed by atoms with E-state index < -0.39 is 102 Å². The maximum atomic E-state index is 12.0. The SMILES string of the molecule is CC(=O)O[C@H]1[C@H](OS(=O)(=O)O)[C@H](OS(=O)(=O)O)C(Br)=C[C@@H]1c1ccc([C@H]2C=C(Br)[C@@H](OS(=O)(=O)O)[C@@H](OS(=O)(=O)O)[C@@H]2OC(C)=O)[nH]1. The molecule has 0 saturated heterocycles. The number of hydrogen-bond donors (Lipinski definition) is 5. The van der Waals surface area contributed by atoms with Crippen molar-refractivity contribution < 1.29 is 87.7 Å². The summed E-state index contributed by atoms with van der Waals surface area (Å²) >= 11 is 5.95. The van der Waals surface area contributed by atoms with Crippen LogP contribution in [0.5, 0.6) is 0 Å². The minimum absolute atomic E-state index is 0.00657. The fourth-order valence-corrected chi connectivity index (χ4v) is 8.22. The quantitative estimate of drug-likeness (QED) is 0.140. The van der Waals surface area contributed by atoms with Gasteiger partial charge in [0, 0.05) is 34.2 Å². The average Bonchev–Trinajstić information content (AvgIpc) is 3.33. The minimum atomic E-state index is -5.41. The van der Waals surface area contributed by atoms with Gasteiger partial charge in [0.1, 0.15) is 36.6 Å².